The SMILES string of the molecule is CCCCCCCCCCCCCCCCCCN(CCC)CCN(CCCCCCCCCCCCCCCCCC)CCCCCCCCCCCCCCCCCC. The molecule has 0 aliphatic rings. The van der Waals surface area contributed by atoms with Crippen molar-refractivity contribution in [3.05, 3.63) is 0 Å². The third-order valence-electron chi connectivity index (χ3n) is 14.3. The fourth-order valence-electron chi connectivity index (χ4n) is 9.92. The molecule has 0 aromatic rings. The molecule has 0 aromatic carbocycles. The lowest BCUT2D eigenvalue weighted by atomic mass is 10.0. The molecule has 0 radical (unpaired) electrons. The van der Waals surface area contributed by atoms with Gasteiger partial charge in [0.05, 0.1) is 0 Å². The maximum Gasteiger partial charge on any atom is 0.0109 e. The van der Waals surface area contributed by atoms with Crippen LogP contribution in [0.2, 0.25) is 0 Å². The van der Waals surface area contributed by atoms with Gasteiger partial charge in [-0.25, -0.2) is 0 Å². The summed E-state index contributed by atoms with van der Waals surface area (Å²) >= 11 is 0. The highest BCUT2D eigenvalue weighted by molar-refractivity contribution is 4.66. The lowest BCUT2D eigenvalue weighted by molar-refractivity contribution is 0.195. The predicted molar refractivity (Wildman–Crippen MR) is 282 cm³/mol. The fraction of sp³-hybridized carbons (Fsp3) is 1.00. The summed E-state index contributed by atoms with van der Waals surface area (Å²) in [4.78, 5) is 5.72. The average molecular weight is 860 g/mol. The van der Waals surface area contributed by atoms with E-state index in [1.54, 1.807) is 0 Å². The first-order valence-corrected chi connectivity index (χ1v) is 29.7. The summed E-state index contributed by atoms with van der Waals surface area (Å²) < 4.78 is 0. The van der Waals surface area contributed by atoms with Crippen molar-refractivity contribution in [2.45, 2.75) is 342 Å². The van der Waals surface area contributed by atoms with E-state index in [0.29, 0.717) is 0 Å². The van der Waals surface area contributed by atoms with E-state index in [1.807, 2.05) is 0 Å². The summed E-state index contributed by atoms with van der Waals surface area (Å²) in [6.07, 6.45) is 71.5. The quantitative estimate of drug-likeness (QED) is 0.0562. The first kappa shape index (κ1) is 60.9. The van der Waals surface area contributed by atoms with Crippen molar-refractivity contribution >= 4 is 0 Å². The molecule has 0 heterocycles. The molecule has 0 aliphatic carbocycles. The van der Waals surface area contributed by atoms with Gasteiger partial charge < -0.3 is 9.80 Å². The number of rotatable bonds is 56. The van der Waals surface area contributed by atoms with E-state index in [4.69, 9.17) is 0 Å². The van der Waals surface area contributed by atoms with E-state index < -0.39 is 0 Å². The first-order valence-electron chi connectivity index (χ1n) is 29.7. The highest BCUT2D eigenvalue weighted by atomic mass is 15.2. The van der Waals surface area contributed by atoms with Crippen molar-refractivity contribution in [1.29, 1.82) is 0 Å². The summed E-state index contributed by atoms with van der Waals surface area (Å²) in [7, 11) is 0. The van der Waals surface area contributed by atoms with Crippen molar-refractivity contribution in [1.82, 2.24) is 9.80 Å². The smallest absolute Gasteiger partial charge is 0.0109 e. The largest absolute Gasteiger partial charge is 0.302 e. The molecule has 0 saturated carbocycles. The topological polar surface area (TPSA) is 6.48 Å². The van der Waals surface area contributed by atoms with Crippen molar-refractivity contribution in [2.24, 2.45) is 0 Å². The summed E-state index contributed by atoms with van der Waals surface area (Å²) in [5.41, 5.74) is 0. The predicted octanol–water partition coefficient (Wildman–Crippen LogP) is 20.8. The maximum absolute atomic E-state index is 2.89. The van der Waals surface area contributed by atoms with Crippen LogP contribution in [0.5, 0.6) is 0 Å². The zero-order chi connectivity index (χ0) is 44.0. The third kappa shape index (κ3) is 52.4. The molecule has 0 N–H and O–H groups in total. The van der Waals surface area contributed by atoms with Gasteiger partial charge in [0.2, 0.25) is 0 Å². The van der Waals surface area contributed by atoms with Crippen LogP contribution in [0.25, 0.3) is 0 Å². The Morgan fingerprint density at radius 2 is 0.279 bits per heavy atom. The number of hydrogen-bond acceptors (Lipinski definition) is 2. The minimum Gasteiger partial charge on any atom is -0.302 e. The Bertz CT molecular complexity index is 700. The van der Waals surface area contributed by atoms with Crippen LogP contribution in [0.3, 0.4) is 0 Å². The molecular weight excluding hydrogens is 737 g/mol. The molecule has 0 atom stereocenters. The number of unbranched alkanes of at least 4 members (excludes halogenated alkanes) is 45. The van der Waals surface area contributed by atoms with Crippen molar-refractivity contribution in [2.75, 3.05) is 39.3 Å². The van der Waals surface area contributed by atoms with Gasteiger partial charge >= 0.3 is 0 Å². The van der Waals surface area contributed by atoms with Crippen LogP contribution >= 0.6 is 0 Å². The van der Waals surface area contributed by atoms with Crippen molar-refractivity contribution < 1.29 is 0 Å². The molecular formula is C59H122N2. The van der Waals surface area contributed by atoms with Crippen LogP contribution < -0.4 is 0 Å². The standard InChI is InChI=1S/C59H122N2/c1-5-9-12-15-18-21-24-27-30-33-36-39-42-45-48-51-55-60(54-8-4)58-59-61(56-52-49-46-43-40-37-34-31-28-25-22-19-16-13-10-6-2)57-53-50-47-44-41-38-35-32-29-26-23-20-17-14-11-7-3/h5-59H2,1-4H3. The second-order valence-electron chi connectivity index (χ2n) is 20.6. The molecule has 0 amide bonds. The van der Waals surface area contributed by atoms with E-state index in [2.05, 4.69) is 37.5 Å². The zero-order valence-electron chi connectivity index (χ0n) is 43.8. The molecule has 0 fully saturated rings. The molecule has 0 bridgehead atoms. The third-order valence-corrected chi connectivity index (χ3v) is 14.3. The molecule has 2 nitrogen and oxygen atoms in total. The number of hydrogen-bond donors (Lipinski definition) is 0. The van der Waals surface area contributed by atoms with Crippen LogP contribution in [-0.4, -0.2) is 49.1 Å². The maximum atomic E-state index is 2.89. The minimum atomic E-state index is 1.30. The van der Waals surface area contributed by atoms with Gasteiger partial charge in [-0.2, -0.15) is 0 Å². The summed E-state index contributed by atoms with van der Waals surface area (Å²) in [6.45, 7) is 17.3. The van der Waals surface area contributed by atoms with Gasteiger partial charge in [-0.1, -0.05) is 317 Å². The second kappa shape index (κ2) is 56.1. The van der Waals surface area contributed by atoms with E-state index in [-0.39, 0.29) is 0 Å². The lowest BCUT2D eigenvalue weighted by Gasteiger charge is -2.28. The van der Waals surface area contributed by atoms with Gasteiger partial charge in [0, 0.05) is 13.1 Å². The average Bonchev–Trinajstić information content (AvgIpc) is 3.27. The minimum absolute atomic E-state index is 1.30. The summed E-state index contributed by atoms with van der Waals surface area (Å²) in [5, 5.41) is 0. The van der Waals surface area contributed by atoms with Gasteiger partial charge in [-0.05, 0) is 51.9 Å². The molecule has 0 aromatic heterocycles. The van der Waals surface area contributed by atoms with E-state index in [0.717, 1.165) is 0 Å². The van der Waals surface area contributed by atoms with Gasteiger partial charge in [0.15, 0.2) is 0 Å². The Hall–Kier alpha value is -0.0800. The normalized spacial score (nSPS) is 11.9. The van der Waals surface area contributed by atoms with Crippen LogP contribution in [0.4, 0.5) is 0 Å². The monoisotopic (exact) mass is 859 g/mol. The molecule has 0 unspecified atom stereocenters. The molecule has 0 saturated heterocycles. The van der Waals surface area contributed by atoms with Crippen LogP contribution in [-0.2, 0) is 0 Å². The second-order valence-corrected chi connectivity index (χ2v) is 20.6. The van der Waals surface area contributed by atoms with E-state index >= 15 is 0 Å². The van der Waals surface area contributed by atoms with Crippen molar-refractivity contribution in [3.8, 4) is 0 Å². The van der Waals surface area contributed by atoms with Crippen molar-refractivity contribution in [3.63, 3.8) is 0 Å². The van der Waals surface area contributed by atoms with Gasteiger partial charge in [-0.3, -0.25) is 0 Å². The first-order chi connectivity index (χ1) is 30.3. The van der Waals surface area contributed by atoms with Crippen LogP contribution in [0.1, 0.15) is 342 Å². The van der Waals surface area contributed by atoms with Gasteiger partial charge in [0.1, 0.15) is 0 Å². The number of nitrogens with zero attached hydrogens (tertiary/aromatic N) is 2. The Morgan fingerprint density at radius 1 is 0.131 bits per heavy atom. The van der Waals surface area contributed by atoms with Crippen LogP contribution in [0.15, 0.2) is 0 Å². The van der Waals surface area contributed by atoms with E-state index in [1.165, 1.54) is 354 Å². The highest BCUT2D eigenvalue weighted by Crippen LogP contribution is 2.17. The Morgan fingerprint density at radius 3 is 0.443 bits per heavy atom. The molecule has 61 heavy (non-hydrogen) atoms. The lowest BCUT2D eigenvalue weighted by Crippen LogP contribution is -2.37. The molecule has 0 aliphatic heterocycles. The fourth-order valence-corrected chi connectivity index (χ4v) is 9.92. The zero-order valence-corrected chi connectivity index (χ0v) is 43.8. The molecule has 0 rings (SSSR count). The van der Waals surface area contributed by atoms with Gasteiger partial charge in [0.25, 0.3) is 0 Å². The molecule has 368 valence electrons. The Kier molecular flexibility index (Phi) is 56.0. The molecule has 0 spiro atoms. The Labute approximate surface area is 389 Å². The summed E-state index contributed by atoms with van der Waals surface area (Å²) in [5.74, 6) is 0. The Balaban J connectivity index is 4.25. The molecule has 2 heteroatoms. The van der Waals surface area contributed by atoms with Gasteiger partial charge in [-0.15, -0.1) is 0 Å². The highest BCUT2D eigenvalue weighted by Gasteiger charge is 2.10. The summed E-state index contributed by atoms with van der Waals surface area (Å²) in [6, 6.07) is 0. The van der Waals surface area contributed by atoms with E-state index in [9.17, 15) is 0 Å². The van der Waals surface area contributed by atoms with Crippen LogP contribution in [0, 0.1) is 0 Å².